The molecule has 0 aliphatic carbocycles. The number of ether oxygens (including phenoxy) is 1. The number of hydrogen-bond acceptors (Lipinski definition) is 3. The molecule has 1 aromatic carbocycles. The molecule has 2 aromatic rings. The van der Waals surface area contributed by atoms with Crippen molar-refractivity contribution in [2.24, 2.45) is 0 Å². The minimum atomic E-state index is -1.01. The smallest absolute Gasteiger partial charge is 0.326 e. The van der Waals surface area contributed by atoms with E-state index in [0.29, 0.717) is 12.1 Å². The molecule has 1 saturated heterocycles. The summed E-state index contributed by atoms with van der Waals surface area (Å²) in [4.78, 5) is 28.5. The number of carbonyl (C=O) groups excluding carboxylic acids is 1. The summed E-state index contributed by atoms with van der Waals surface area (Å²) in [6, 6.07) is 12.3. The van der Waals surface area contributed by atoms with E-state index >= 15 is 0 Å². The molecule has 1 aromatic heterocycles. The lowest BCUT2D eigenvalue weighted by atomic mass is 10.2. The Morgan fingerprint density at radius 3 is 2.61 bits per heavy atom. The van der Waals surface area contributed by atoms with Gasteiger partial charge < -0.3 is 19.7 Å². The predicted octanol–water partition coefficient (Wildman–Crippen LogP) is 2.00. The molecule has 120 valence electrons. The van der Waals surface area contributed by atoms with E-state index in [1.807, 2.05) is 36.4 Å². The summed E-state index contributed by atoms with van der Waals surface area (Å²) >= 11 is 0. The molecule has 1 fully saturated rings. The first-order valence-electron chi connectivity index (χ1n) is 7.41. The highest BCUT2D eigenvalue weighted by atomic mass is 16.5. The van der Waals surface area contributed by atoms with Gasteiger partial charge in [0.1, 0.15) is 11.7 Å². The molecular weight excluding hydrogens is 296 g/mol. The average Bonchev–Trinajstić information content (AvgIpc) is 3.22. The third-order valence-corrected chi connectivity index (χ3v) is 4.14. The van der Waals surface area contributed by atoms with Gasteiger partial charge in [0.15, 0.2) is 0 Å². The molecule has 1 amide bonds. The minimum absolute atomic E-state index is 0.247. The van der Waals surface area contributed by atoms with Crippen molar-refractivity contribution in [1.82, 2.24) is 9.88 Å². The Morgan fingerprint density at radius 2 is 1.96 bits per heavy atom. The monoisotopic (exact) mass is 314 g/mol. The molecule has 0 spiro atoms. The van der Waals surface area contributed by atoms with Crippen LogP contribution in [0.3, 0.4) is 0 Å². The second kappa shape index (κ2) is 6.26. The summed E-state index contributed by atoms with van der Waals surface area (Å²) in [6.07, 6.45) is 0.0627. The summed E-state index contributed by atoms with van der Waals surface area (Å²) < 4.78 is 5.21. The Bertz CT molecular complexity index is 710. The fourth-order valence-electron chi connectivity index (χ4n) is 2.89. The number of carboxylic acid groups (broad SMARTS) is 1. The number of carbonyl (C=O) groups is 2. The van der Waals surface area contributed by atoms with Crippen LogP contribution in [-0.2, 0) is 9.53 Å². The second-order valence-electron chi connectivity index (χ2n) is 5.56. The molecule has 2 heterocycles. The van der Waals surface area contributed by atoms with Crippen molar-refractivity contribution >= 4 is 11.9 Å². The normalized spacial score (nSPS) is 20.7. The Hall–Kier alpha value is -2.60. The van der Waals surface area contributed by atoms with Gasteiger partial charge in [-0.05, 0) is 17.7 Å². The zero-order chi connectivity index (χ0) is 16.4. The first-order valence-corrected chi connectivity index (χ1v) is 7.41. The first kappa shape index (κ1) is 15.3. The second-order valence-corrected chi connectivity index (χ2v) is 5.56. The van der Waals surface area contributed by atoms with Crippen LogP contribution < -0.4 is 0 Å². The molecule has 6 nitrogen and oxygen atoms in total. The van der Waals surface area contributed by atoms with E-state index in [9.17, 15) is 14.7 Å². The van der Waals surface area contributed by atoms with Gasteiger partial charge in [0.05, 0.1) is 6.10 Å². The fourth-order valence-corrected chi connectivity index (χ4v) is 2.89. The van der Waals surface area contributed by atoms with E-state index in [4.69, 9.17) is 4.74 Å². The number of nitrogens with one attached hydrogen (secondary N) is 1. The maximum Gasteiger partial charge on any atom is 0.326 e. The van der Waals surface area contributed by atoms with E-state index < -0.39 is 12.0 Å². The van der Waals surface area contributed by atoms with Crippen LogP contribution in [0.5, 0.6) is 0 Å². The number of nitrogens with zero attached hydrogens (tertiary/aromatic N) is 1. The van der Waals surface area contributed by atoms with Crippen LogP contribution in [0.2, 0.25) is 0 Å². The summed E-state index contributed by atoms with van der Waals surface area (Å²) in [7, 11) is 1.53. The summed E-state index contributed by atoms with van der Waals surface area (Å²) in [5, 5.41) is 9.32. The summed E-state index contributed by atoms with van der Waals surface area (Å²) in [5.41, 5.74) is 2.17. The number of likely N-dealkylation sites (tertiary alicyclic amines) is 1. The molecule has 1 aliphatic rings. The molecule has 1 aliphatic heterocycles. The number of carboxylic acids is 1. The molecule has 0 saturated carbocycles. The van der Waals surface area contributed by atoms with Gasteiger partial charge in [-0.15, -0.1) is 0 Å². The van der Waals surface area contributed by atoms with Gasteiger partial charge in [-0.25, -0.2) is 4.79 Å². The number of aromatic nitrogens is 1. The van der Waals surface area contributed by atoms with Crippen LogP contribution in [0.25, 0.3) is 11.3 Å². The molecule has 2 atom stereocenters. The van der Waals surface area contributed by atoms with Gasteiger partial charge in [0.25, 0.3) is 5.91 Å². The van der Waals surface area contributed by atoms with Gasteiger partial charge in [-0.3, -0.25) is 4.79 Å². The first-order chi connectivity index (χ1) is 11.1. The number of benzene rings is 1. The Morgan fingerprint density at radius 1 is 1.22 bits per heavy atom. The quantitative estimate of drug-likeness (QED) is 0.904. The molecule has 0 radical (unpaired) electrons. The minimum Gasteiger partial charge on any atom is -0.480 e. The van der Waals surface area contributed by atoms with E-state index in [-0.39, 0.29) is 18.6 Å². The lowest BCUT2D eigenvalue weighted by Gasteiger charge is -2.20. The molecular formula is C17H18N2O4. The van der Waals surface area contributed by atoms with E-state index in [1.54, 1.807) is 6.07 Å². The number of aromatic amines is 1. The van der Waals surface area contributed by atoms with Crippen molar-refractivity contribution in [3.05, 3.63) is 48.2 Å². The Kier molecular flexibility index (Phi) is 4.16. The van der Waals surface area contributed by atoms with Gasteiger partial charge in [-0.2, -0.15) is 0 Å². The third-order valence-electron chi connectivity index (χ3n) is 4.14. The predicted molar refractivity (Wildman–Crippen MR) is 84.1 cm³/mol. The standard InChI is InChI=1S/C17H18N2O4/c1-23-12-9-15(17(21)22)19(10-12)16(20)14-8-7-13(18-14)11-5-3-2-4-6-11/h2-8,12,15,18H,9-10H2,1H3,(H,21,22). The number of hydrogen-bond donors (Lipinski definition) is 2. The largest absolute Gasteiger partial charge is 0.480 e. The highest BCUT2D eigenvalue weighted by Gasteiger charge is 2.40. The topological polar surface area (TPSA) is 82.6 Å². The van der Waals surface area contributed by atoms with E-state index in [1.165, 1.54) is 12.0 Å². The lowest BCUT2D eigenvalue weighted by Crippen LogP contribution is -2.40. The number of methoxy groups -OCH3 is 1. The zero-order valence-corrected chi connectivity index (χ0v) is 12.7. The fraction of sp³-hybridized carbons (Fsp3) is 0.294. The molecule has 3 rings (SSSR count). The highest BCUT2D eigenvalue weighted by Crippen LogP contribution is 2.24. The molecule has 2 N–H and O–H groups in total. The summed E-state index contributed by atoms with van der Waals surface area (Å²) in [6.45, 7) is 0.284. The van der Waals surface area contributed by atoms with Crippen LogP contribution in [0, 0.1) is 0 Å². The molecule has 0 bridgehead atoms. The van der Waals surface area contributed by atoms with E-state index in [0.717, 1.165) is 11.3 Å². The average molecular weight is 314 g/mol. The van der Waals surface area contributed by atoms with Crippen LogP contribution in [0.4, 0.5) is 0 Å². The number of H-pyrrole nitrogens is 1. The lowest BCUT2D eigenvalue weighted by molar-refractivity contribution is -0.141. The van der Waals surface area contributed by atoms with Crippen LogP contribution in [-0.4, -0.2) is 52.7 Å². The van der Waals surface area contributed by atoms with Crippen LogP contribution in [0.15, 0.2) is 42.5 Å². The highest BCUT2D eigenvalue weighted by molar-refractivity contribution is 5.96. The van der Waals surface area contributed by atoms with Crippen LogP contribution >= 0.6 is 0 Å². The van der Waals surface area contributed by atoms with Gasteiger partial charge in [0, 0.05) is 25.8 Å². The van der Waals surface area contributed by atoms with Crippen molar-refractivity contribution in [3.63, 3.8) is 0 Å². The maximum atomic E-state index is 12.6. The number of rotatable bonds is 4. The van der Waals surface area contributed by atoms with Gasteiger partial charge in [-0.1, -0.05) is 30.3 Å². The Labute approximate surface area is 133 Å². The van der Waals surface area contributed by atoms with Crippen molar-refractivity contribution in [1.29, 1.82) is 0 Å². The van der Waals surface area contributed by atoms with Crippen molar-refractivity contribution in [2.45, 2.75) is 18.6 Å². The SMILES string of the molecule is COC1CC(C(=O)O)N(C(=O)c2ccc(-c3ccccc3)[nH]2)C1. The Balaban J connectivity index is 1.83. The third kappa shape index (κ3) is 2.98. The van der Waals surface area contributed by atoms with Crippen molar-refractivity contribution < 1.29 is 19.4 Å². The van der Waals surface area contributed by atoms with E-state index in [2.05, 4.69) is 4.98 Å². The number of amides is 1. The van der Waals surface area contributed by atoms with Crippen molar-refractivity contribution in [2.75, 3.05) is 13.7 Å². The molecule has 23 heavy (non-hydrogen) atoms. The maximum absolute atomic E-state index is 12.6. The summed E-state index contributed by atoms with van der Waals surface area (Å²) in [5.74, 6) is -1.33. The van der Waals surface area contributed by atoms with Gasteiger partial charge in [0.2, 0.25) is 0 Å². The van der Waals surface area contributed by atoms with Crippen LogP contribution in [0.1, 0.15) is 16.9 Å². The zero-order valence-electron chi connectivity index (χ0n) is 12.7. The van der Waals surface area contributed by atoms with Crippen molar-refractivity contribution in [3.8, 4) is 11.3 Å². The molecule has 6 heteroatoms. The molecule has 2 unspecified atom stereocenters. The number of aliphatic carboxylic acids is 1. The van der Waals surface area contributed by atoms with Gasteiger partial charge >= 0.3 is 5.97 Å².